The van der Waals surface area contributed by atoms with Gasteiger partial charge in [-0.1, -0.05) is 31.9 Å². The summed E-state index contributed by atoms with van der Waals surface area (Å²) in [6, 6.07) is 6.25. The molecule has 1 aliphatic rings. The number of hydrogen-bond acceptors (Lipinski definition) is 2. The van der Waals surface area contributed by atoms with Crippen molar-refractivity contribution < 1.29 is 0 Å². The van der Waals surface area contributed by atoms with Crippen molar-refractivity contribution in [3.05, 3.63) is 23.2 Å². The van der Waals surface area contributed by atoms with Crippen LogP contribution in [-0.2, 0) is 0 Å². The summed E-state index contributed by atoms with van der Waals surface area (Å²) in [7, 11) is 0. The highest BCUT2D eigenvalue weighted by atomic mass is 35.5. The molecule has 2 N–H and O–H groups in total. The first kappa shape index (κ1) is 12.8. The number of anilines is 1. The van der Waals surface area contributed by atoms with Gasteiger partial charge >= 0.3 is 0 Å². The van der Waals surface area contributed by atoms with Crippen molar-refractivity contribution >= 4 is 28.6 Å². The maximum absolute atomic E-state index is 6.14. The number of imidazole rings is 1. The van der Waals surface area contributed by atoms with Crippen molar-refractivity contribution in [2.24, 2.45) is 11.8 Å². The van der Waals surface area contributed by atoms with E-state index in [9.17, 15) is 0 Å². The third-order valence-corrected chi connectivity index (χ3v) is 4.95. The minimum absolute atomic E-state index is 0.452. The normalized spacial score (nSPS) is 27.2. The Balaban J connectivity index is 2.10. The largest absolute Gasteiger partial charge is 0.369 e. The zero-order valence-corrected chi connectivity index (χ0v) is 12.2. The van der Waals surface area contributed by atoms with Crippen molar-refractivity contribution in [1.29, 1.82) is 0 Å². The predicted octanol–water partition coefficient (Wildman–Crippen LogP) is 4.27. The van der Waals surface area contributed by atoms with Crippen LogP contribution in [0.3, 0.4) is 0 Å². The predicted molar refractivity (Wildman–Crippen MR) is 80.4 cm³/mol. The van der Waals surface area contributed by atoms with Gasteiger partial charge in [0.05, 0.1) is 11.0 Å². The first-order chi connectivity index (χ1) is 9.11. The summed E-state index contributed by atoms with van der Waals surface area (Å²) in [4.78, 5) is 4.47. The summed E-state index contributed by atoms with van der Waals surface area (Å²) in [5, 5.41) is 0.742. The summed E-state index contributed by atoms with van der Waals surface area (Å²) in [5.74, 6) is 2.05. The Morgan fingerprint density at radius 1 is 1.42 bits per heavy atom. The van der Waals surface area contributed by atoms with E-state index >= 15 is 0 Å². The fourth-order valence-electron chi connectivity index (χ4n) is 3.60. The fourth-order valence-corrected chi connectivity index (χ4v) is 3.76. The van der Waals surface area contributed by atoms with E-state index in [2.05, 4.69) is 23.4 Å². The molecule has 19 heavy (non-hydrogen) atoms. The molecule has 0 saturated heterocycles. The van der Waals surface area contributed by atoms with Gasteiger partial charge in [0.1, 0.15) is 0 Å². The van der Waals surface area contributed by atoms with Crippen molar-refractivity contribution in [2.75, 3.05) is 5.73 Å². The second-order valence-corrected chi connectivity index (χ2v) is 6.08. The molecular formula is C15H20ClN3. The van der Waals surface area contributed by atoms with E-state index in [-0.39, 0.29) is 0 Å². The first-order valence-electron chi connectivity index (χ1n) is 7.04. The molecule has 0 aliphatic heterocycles. The molecule has 1 fully saturated rings. The molecule has 3 unspecified atom stereocenters. The highest BCUT2D eigenvalue weighted by Gasteiger charge is 2.34. The van der Waals surface area contributed by atoms with Crippen molar-refractivity contribution in [1.82, 2.24) is 9.55 Å². The van der Waals surface area contributed by atoms with E-state index in [0.717, 1.165) is 22.0 Å². The number of benzene rings is 1. The van der Waals surface area contributed by atoms with Crippen molar-refractivity contribution in [3.63, 3.8) is 0 Å². The van der Waals surface area contributed by atoms with Crippen LogP contribution in [0, 0.1) is 11.8 Å². The number of nitrogen functional groups attached to an aromatic ring is 1. The lowest BCUT2D eigenvalue weighted by atomic mass is 9.93. The first-order valence-corrected chi connectivity index (χ1v) is 7.42. The molecule has 3 nitrogen and oxygen atoms in total. The molecule has 1 aliphatic carbocycles. The number of halogens is 1. The van der Waals surface area contributed by atoms with Crippen LogP contribution in [0.1, 0.15) is 39.2 Å². The molecule has 102 valence electrons. The van der Waals surface area contributed by atoms with Crippen molar-refractivity contribution in [3.8, 4) is 0 Å². The van der Waals surface area contributed by atoms with Crippen LogP contribution >= 0.6 is 11.6 Å². The molecule has 1 aromatic heterocycles. The van der Waals surface area contributed by atoms with E-state index in [0.29, 0.717) is 17.9 Å². The van der Waals surface area contributed by atoms with E-state index in [1.54, 1.807) is 0 Å². The molecular weight excluding hydrogens is 258 g/mol. The average Bonchev–Trinajstić information content (AvgIpc) is 2.89. The van der Waals surface area contributed by atoms with Gasteiger partial charge in [-0.3, -0.25) is 0 Å². The van der Waals surface area contributed by atoms with Crippen LogP contribution < -0.4 is 5.73 Å². The molecule has 0 spiro atoms. The van der Waals surface area contributed by atoms with Crippen LogP contribution in [0.4, 0.5) is 5.95 Å². The third-order valence-electron chi connectivity index (χ3n) is 4.72. The van der Waals surface area contributed by atoms with Gasteiger partial charge in [0, 0.05) is 11.1 Å². The molecule has 3 atom stereocenters. The Labute approximate surface area is 118 Å². The molecule has 1 aromatic carbocycles. The van der Waals surface area contributed by atoms with Gasteiger partial charge in [-0.15, -0.1) is 0 Å². The Morgan fingerprint density at radius 2 is 2.21 bits per heavy atom. The molecule has 1 heterocycles. The molecule has 4 heteroatoms. The number of nitrogens with zero attached hydrogens (tertiary/aromatic N) is 2. The molecule has 0 radical (unpaired) electrons. The van der Waals surface area contributed by atoms with Gasteiger partial charge in [0.25, 0.3) is 0 Å². The second-order valence-electron chi connectivity index (χ2n) is 5.65. The fraction of sp³-hybridized carbons (Fsp3) is 0.533. The maximum atomic E-state index is 6.14. The lowest BCUT2D eigenvalue weighted by Crippen LogP contribution is -2.17. The summed E-state index contributed by atoms with van der Waals surface area (Å²) < 4.78 is 2.20. The highest BCUT2D eigenvalue weighted by Crippen LogP contribution is 2.44. The topological polar surface area (TPSA) is 43.8 Å². The van der Waals surface area contributed by atoms with Crippen molar-refractivity contribution in [2.45, 2.75) is 39.2 Å². The lowest BCUT2D eigenvalue weighted by molar-refractivity contribution is 0.336. The van der Waals surface area contributed by atoms with E-state index in [1.165, 1.54) is 19.3 Å². The van der Waals surface area contributed by atoms with Gasteiger partial charge in [-0.05, 0) is 42.9 Å². The van der Waals surface area contributed by atoms with Gasteiger partial charge < -0.3 is 10.3 Å². The minimum atomic E-state index is 0.452. The summed E-state index contributed by atoms with van der Waals surface area (Å²) in [6.45, 7) is 4.61. The molecule has 2 aromatic rings. The molecule has 1 saturated carbocycles. The van der Waals surface area contributed by atoms with Gasteiger partial charge in [0.2, 0.25) is 5.95 Å². The summed E-state index contributed by atoms with van der Waals surface area (Å²) in [6.07, 6.45) is 3.70. The Bertz CT molecular complexity index is 605. The Hall–Kier alpha value is -1.22. The van der Waals surface area contributed by atoms with Crippen LogP contribution in [0.2, 0.25) is 5.02 Å². The smallest absolute Gasteiger partial charge is 0.201 e. The lowest BCUT2D eigenvalue weighted by Gasteiger charge is -2.22. The van der Waals surface area contributed by atoms with E-state index < -0.39 is 0 Å². The number of rotatable bonds is 2. The number of hydrogen-bond donors (Lipinski definition) is 1. The molecule has 0 amide bonds. The molecule has 3 rings (SSSR count). The zero-order valence-electron chi connectivity index (χ0n) is 11.4. The SMILES string of the molecule is CCC1CCC(n2c(N)nc3ccc(Cl)cc32)C1C. The monoisotopic (exact) mass is 277 g/mol. The number of aromatic nitrogens is 2. The van der Waals surface area contributed by atoms with E-state index in [1.807, 2.05) is 18.2 Å². The zero-order chi connectivity index (χ0) is 13.6. The number of fused-ring (bicyclic) bond motifs is 1. The molecule has 0 bridgehead atoms. The number of nitrogens with two attached hydrogens (primary N) is 1. The highest BCUT2D eigenvalue weighted by molar-refractivity contribution is 6.31. The van der Waals surface area contributed by atoms with Crippen LogP contribution in [0.15, 0.2) is 18.2 Å². The van der Waals surface area contributed by atoms with Crippen LogP contribution in [-0.4, -0.2) is 9.55 Å². The Morgan fingerprint density at radius 3 is 2.89 bits per heavy atom. The van der Waals surface area contributed by atoms with Crippen LogP contribution in [0.5, 0.6) is 0 Å². The van der Waals surface area contributed by atoms with Gasteiger partial charge in [0.15, 0.2) is 0 Å². The third kappa shape index (κ3) is 2.00. The van der Waals surface area contributed by atoms with Gasteiger partial charge in [-0.2, -0.15) is 0 Å². The second kappa shape index (κ2) is 4.71. The average molecular weight is 278 g/mol. The summed E-state index contributed by atoms with van der Waals surface area (Å²) in [5.41, 5.74) is 8.15. The minimum Gasteiger partial charge on any atom is -0.369 e. The van der Waals surface area contributed by atoms with Crippen LogP contribution in [0.25, 0.3) is 11.0 Å². The Kier molecular flexibility index (Phi) is 3.17. The maximum Gasteiger partial charge on any atom is 0.201 e. The quantitative estimate of drug-likeness (QED) is 0.891. The summed E-state index contributed by atoms with van der Waals surface area (Å²) >= 11 is 6.12. The van der Waals surface area contributed by atoms with Gasteiger partial charge in [-0.25, -0.2) is 4.98 Å². The standard InChI is InChI=1S/C15H20ClN3/c1-3-10-4-7-13(9(10)2)19-14-8-11(16)5-6-12(14)18-15(19)17/h5-6,8-10,13H,3-4,7H2,1-2H3,(H2,17,18). The van der Waals surface area contributed by atoms with E-state index in [4.69, 9.17) is 17.3 Å².